The molecule has 90 valence electrons. The molecule has 0 spiro atoms. The van der Waals surface area contributed by atoms with E-state index in [0.29, 0.717) is 19.7 Å². The number of carbonyl (C=O) groups excluding carboxylic acids is 1. The van der Waals surface area contributed by atoms with E-state index in [2.05, 4.69) is 0 Å². The summed E-state index contributed by atoms with van der Waals surface area (Å²) in [5, 5.41) is 8.98. The van der Waals surface area contributed by atoms with Gasteiger partial charge in [0.2, 0.25) is 0 Å². The van der Waals surface area contributed by atoms with Crippen LogP contribution >= 0.6 is 0 Å². The third kappa shape index (κ3) is 2.04. The zero-order chi connectivity index (χ0) is 11.7. The molecule has 0 saturated carbocycles. The van der Waals surface area contributed by atoms with Crippen LogP contribution in [0.25, 0.3) is 0 Å². The lowest BCUT2D eigenvalue weighted by Gasteiger charge is -2.19. The van der Waals surface area contributed by atoms with Crippen LogP contribution in [-0.2, 0) is 14.3 Å². The molecule has 2 aliphatic heterocycles. The summed E-state index contributed by atoms with van der Waals surface area (Å²) >= 11 is 0. The fraction of sp³-hybridized carbons (Fsp3) is 0.818. The second kappa shape index (κ2) is 4.41. The van der Waals surface area contributed by atoms with Crippen LogP contribution in [0.2, 0.25) is 0 Å². The second-order valence-corrected chi connectivity index (χ2v) is 4.67. The number of rotatable bonds is 2. The molecular formula is C11H17NO4. The van der Waals surface area contributed by atoms with Crippen molar-refractivity contribution in [1.29, 1.82) is 0 Å². The van der Waals surface area contributed by atoms with Crippen LogP contribution in [0.15, 0.2) is 0 Å². The van der Waals surface area contributed by atoms with Crippen LogP contribution < -0.4 is 0 Å². The first-order valence-corrected chi connectivity index (χ1v) is 5.73. The lowest BCUT2D eigenvalue weighted by molar-refractivity contribution is -0.143. The predicted octanol–water partition coefficient (Wildman–Crippen LogP) is 0.344. The Morgan fingerprint density at radius 1 is 1.38 bits per heavy atom. The first-order chi connectivity index (χ1) is 7.59. The largest absolute Gasteiger partial charge is 0.481 e. The van der Waals surface area contributed by atoms with Crippen LogP contribution in [-0.4, -0.2) is 47.7 Å². The highest BCUT2D eigenvalue weighted by atomic mass is 16.5. The topological polar surface area (TPSA) is 66.8 Å². The number of hydrogen-bond donors (Lipinski definition) is 1. The van der Waals surface area contributed by atoms with E-state index < -0.39 is 11.9 Å². The molecule has 3 unspecified atom stereocenters. The van der Waals surface area contributed by atoms with E-state index in [4.69, 9.17) is 9.84 Å². The van der Waals surface area contributed by atoms with E-state index in [1.54, 1.807) is 4.90 Å². The summed E-state index contributed by atoms with van der Waals surface area (Å²) in [7, 11) is 0. The van der Waals surface area contributed by atoms with E-state index in [9.17, 15) is 9.59 Å². The van der Waals surface area contributed by atoms with Gasteiger partial charge in [0.25, 0.3) is 5.91 Å². The molecule has 0 radical (unpaired) electrons. The van der Waals surface area contributed by atoms with Crippen LogP contribution in [0.1, 0.15) is 19.8 Å². The Labute approximate surface area is 94.4 Å². The molecule has 0 bridgehead atoms. The quantitative estimate of drug-likeness (QED) is 0.739. The smallest absolute Gasteiger partial charge is 0.308 e. The van der Waals surface area contributed by atoms with Gasteiger partial charge in [-0.1, -0.05) is 6.92 Å². The highest BCUT2D eigenvalue weighted by molar-refractivity contribution is 5.82. The van der Waals surface area contributed by atoms with E-state index in [1.807, 2.05) is 6.92 Å². The summed E-state index contributed by atoms with van der Waals surface area (Å²) in [4.78, 5) is 24.5. The number of carbonyl (C=O) groups is 2. The van der Waals surface area contributed by atoms with Gasteiger partial charge in [-0.3, -0.25) is 9.59 Å². The fourth-order valence-electron chi connectivity index (χ4n) is 2.44. The van der Waals surface area contributed by atoms with Gasteiger partial charge in [-0.05, 0) is 18.8 Å². The minimum absolute atomic E-state index is 0.0304. The summed E-state index contributed by atoms with van der Waals surface area (Å²) in [6.45, 7) is 3.38. The first-order valence-electron chi connectivity index (χ1n) is 5.73. The molecule has 0 aromatic heterocycles. The average Bonchev–Trinajstić information content (AvgIpc) is 2.84. The SMILES string of the molecule is CC1CN(C(=O)C2CCCO2)CC1C(=O)O. The zero-order valence-electron chi connectivity index (χ0n) is 9.39. The number of carboxylic acid groups (broad SMARTS) is 1. The van der Waals surface area contributed by atoms with Crippen molar-refractivity contribution in [2.45, 2.75) is 25.9 Å². The second-order valence-electron chi connectivity index (χ2n) is 4.67. The van der Waals surface area contributed by atoms with E-state index in [0.717, 1.165) is 12.8 Å². The van der Waals surface area contributed by atoms with E-state index >= 15 is 0 Å². The molecule has 2 rings (SSSR count). The fourth-order valence-corrected chi connectivity index (χ4v) is 2.44. The van der Waals surface area contributed by atoms with Crippen molar-refractivity contribution in [2.75, 3.05) is 19.7 Å². The van der Waals surface area contributed by atoms with Gasteiger partial charge in [0.1, 0.15) is 6.10 Å². The summed E-state index contributed by atoms with van der Waals surface area (Å²) < 4.78 is 5.32. The molecule has 16 heavy (non-hydrogen) atoms. The monoisotopic (exact) mass is 227 g/mol. The van der Waals surface area contributed by atoms with Crippen molar-refractivity contribution in [3.63, 3.8) is 0 Å². The predicted molar refractivity (Wildman–Crippen MR) is 55.8 cm³/mol. The zero-order valence-corrected chi connectivity index (χ0v) is 9.39. The van der Waals surface area contributed by atoms with E-state index in [-0.39, 0.29) is 17.9 Å². The van der Waals surface area contributed by atoms with Gasteiger partial charge >= 0.3 is 5.97 Å². The van der Waals surface area contributed by atoms with Crippen molar-refractivity contribution < 1.29 is 19.4 Å². The van der Waals surface area contributed by atoms with Gasteiger partial charge in [0.15, 0.2) is 0 Å². The third-order valence-electron chi connectivity index (χ3n) is 3.45. The molecule has 3 atom stereocenters. The van der Waals surface area contributed by atoms with Gasteiger partial charge in [-0.15, -0.1) is 0 Å². The van der Waals surface area contributed by atoms with Crippen molar-refractivity contribution in [3.05, 3.63) is 0 Å². The third-order valence-corrected chi connectivity index (χ3v) is 3.45. The average molecular weight is 227 g/mol. The minimum Gasteiger partial charge on any atom is -0.481 e. The number of ether oxygens (including phenoxy) is 1. The first kappa shape index (κ1) is 11.4. The van der Waals surface area contributed by atoms with E-state index in [1.165, 1.54) is 0 Å². The molecular weight excluding hydrogens is 210 g/mol. The molecule has 1 amide bonds. The number of nitrogens with zero attached hydrogens (tertiary/aromatic N) is 1. The molecule has 2 saturated heterocycles. The number of hydrogen-bond acceptors (Lipinski definition) is 3. The molecule has 2 heterocycles. The lowest BCUT2D eigenvalue weighted by Crippen LogP contribution is -2.37. The number of carboxylic acids is 1. The highest BCUT2D eigenvalue weighted by Crippen LogP contribution is 2.25. The van der Waals surface area contributed by atoms with Crippen molar-refractivity contribution >= 4 is 11.9 Å². The Bertz CT molecular complexity index is 298. The molecule has 5 heteroatoms. The summed E-state index contributed by atoms with van der Waals surface area (Å²) in [6, 6.07) is 0. The lowest BCUT2D eigenvalue weighted by atomic mass is 9.99. The van der Waals surface area contributed by atoms with Gasteiger partial charge < -0.3 is 14.7 Å². The molecule has 1 N–H and O–H groups in total. The Hall–Kier alpha value is -1.10. The van der Waals surface area contributed by atoms with Gasteiger partial charge in [-0.25, -0.2) is 0 Å². The Balaban J connectivity index is 1.96. The Morgan fingerprint density at radius 2 is 2.12 bits per heavy atom. The maximum absolute atomic E-state index is 12.0. The van der Waals surface area contributed by atoms with Crippen molar-refractivity contribution in [1.82, 2.24) is 4.90 Å². The standard InChI is InChI=1S/C11H17NO4/c1-7-5-12(6-8(7)11(14)15)10(13)9-3-2-4-16-9/h7-9H,2-6H2,1H3,(H,14,15). The van der Waals surface area contributed by atoms with Crippen LogP contribution in [0.5, 0.6) is 0 Å². The molecule has 0 aromatic rings. The Kier molecular flexibility index (Phi) is 3.14. The molecule has 5 nitrogen and oxygen atoms in total. The van der Waals surface area contributed by atoms with Gasteiger partial charge in [0.05, 0.1) is 5.92 Å². The van der Waals surface area contributed by atoms with Crippen LogP contribution in [0.4, 0.5) is 0 Å². The number of aliphatic carboxylic acids is 1. The molecule has 2 aliphatic rings. The maximum atomic E-state index is 12.0. The molecule has 2 fully saturated rings. The van der Waals surface area contributed by atoms with Crippen molar-refractivity contribution in [2.24, 2.45) is 11.8 Å². The number of likely N-dealkylation sites (tertiary alicyclic amines) is 1. The summed E-state index contributed by atoms with van der Waals surface area (Å²) in [5.41, 5.74) is 0. The number of amides is 1. The molecule has 0 aromatic carbocycles. The normalized spacial score (nSPS) is 34.3. The Morgan fingerprint density at radius 3 is 2.62 bits per heavy atom. The summed E-state index contributed by atoms with van der Waals surface area (Å²) in [5.74, 6) is -1.24. The summed E-state index contributed by atoms with van der Waals surface area (Å²) in [6.07, 6.45) is 1.35. The minimum atomic E-state index is -0.810. The highest BCUT2D eigenvalue weighted by Gasteiger charge is 2.39. The molecule has 0 aliphatic carbocycles. The van der Waals surface area contributed by atoms with Crippen LogP contribution in [0, 0.1) is 11.8 Å². The van der Waals surface area contributed by atoms with Gasteiger partial charge in [0, 0.05) is 19.7 Å². The maximum Gasteiger partial charge on any atom is 0.308 e. The van der Waals surface area contributed by atoms with Crippen molar-refractivity contribution in [3.8, 4) is 0 Å². The van der Waals surface area contributed by atoms with Crippen LogP contribution in [0.3, 0.4) is 0 Å². The van der Waals surface area contributed by atoms with Gasteiger partial charge in [-0.2, -0.15) is 0 Å².